The van der Waals surface area contributed by atoms with Crippen LogP contribution in [0.5, 0.6) is 0 Å². The summed E-state index contributed by atoms with van der Waals surface area (Å²) < 4.78 is 0. The highest BCUT2D eigenvalue weighted by Gasteiger charge is 2.34. The highest BCUT2D eigenvalue weighted by Crippen LogP contribution is 2.34. The summed E-state index contributed by atoms with van der Waals surface area (Å²) >= 11 is 7.25. The second-order valence-electron chi connectivity index (χ2n) is 8.61. The van der Waals surface area contributed by atoms with E-state index in [1.165, 1.54) is 16.9 Å². The van der Waals surface area contributed by atoms with Crippen molar-refractivity contribution in [2.45, 2.75) is 38.5 Å². The van der Waals surface area contributed by atoms with E-state index in [1.807, 2.05) is 36.4 Å². The number of carbonyl (C=O) groups is 2. The van der Waals surface area contributed by atoms with Crippen molar-refractivity contribution in [3.63, 3.8) is 0 Å². The molecule has 2 aromatic carbocycles. The molecule has 0 aliphatic carbocycles. The van der Waals surface area contributed by atoms with Crippen molar-refractivity contribution < 1.29 is 9.59 Å². The molecule has 1 aliphatic rings. The van der Waals surface area contributed by atoms with Crippen molar-refractivity contribution in [1.82, 2.24) is 10.2 Å². The lowest BCUT2D eigenvalue weighted by Crippen LogP contribution is -2.24. The standard InChI is InChI=1S/C23H23ClN4O2S/c1-23(2,3)16-6-4-14(5-7-16)20(30)25-22-27-26-21(31-22)15-12-19(29)28(13-15)18-10-8-17(24)9-11-18/h4-11,15H,12-13H2,1-3H3,(H,25,27,30). The summed E-state index contributed by atoms with van der Waals surface area (Å²) in [5.41, 5.74) is 2.57. The molecule has 8 heteroatoms. The molecule has 0 spiro atoms. The van der Waals surface area contributed by atoms with Gasteiger partial charge >= 0.3 is 0 Å². The Hall–Kier alpha value is -2.77. The summed E-state index contributed by atoms with van der Waals surface area (Å²) in [5.74, 6) is -0.252. The molecule has 1 aromatic heterocycles. The summed E-state index contributed by atoms with van der Waals surface area (Å²) in [7, 11) is 0. The van der Waals surface area contributed by atoms with E-state index >= 15 is 0 Å². The Morgan fingerprint density at radius 1 is 1.10 bits per heavy atom. The molecule has 1 unspecified atom stereocenters. The number of anilines is 2. The van der Waals surface area contributed by atoms with Gasteiger partial charge in [0.05, 0.1) is 0 Å². The van der Waals surface area contributed by atoms with E-state index in [0.29, 0.717) is 28.7 Å². The largest absolute Gasteiger partial charge is 0.312 e. The molecule has 1 aliphatic heterocycles. The highest BCUT2D eigenvalue weighted by molar-refractivity contribution is 7.15. The number of aromatic nitrogens is 2. The highest BCUT2D eigenvalue weighted by atomic mass is 35.5. The van der Waals surface area contributed by atoms with Crippen molar-refractivity contribution in [3.05, 3.63) is 69.7 Å². The Balaban J connectivity index is 1.42. The molecule has 3 aromatic rings. The Morgan fingerprint density at radius 2 is 1.77 bits per heavy atom. The minimum atomic E-state index is -0.228. The molecule has 6 nitrogen and oxygen atoms in total. The van der Waals surface area contributed by atoms with E-state index in [9.17, 15) is 9.59 Å². The van der Waals surface area contributed by atoms with E-state index in [1.54, 1.807) is 17.0 Å². The van der Waals surface area contributed by atoms with E-state index in [4.69, 9.17) is 11.6 Å². The fourth-order valence-corrected chi connectivity index (χ4v) is 4.44. The molecule has 4 rings (SSSR count). The Labute approximate surface area is 190 Å². The Kier molecular flexibility index (Phi) is 5.81. The lowest BCUT2D eigenvalue weighted by molar-refractivity contribution is -0.117. The molecule has 1 N–H and O–H groups in total. The van der Waals surface area contributed by atoms with Gasteiger partial charge in [0.2, 0.25) is 11.0 Å². The fourth-order valence-electron chi connectivity index (χ4n) is 3.48. The molecule has 0 radical (unpaired) electrons. The molecule has 2 heterocycles. The number of hydrogen-bond acceptors (Lipinski definition) is 5. The normalized spacial score (nSPS) is 16.6. The van der Waals surface area contributed by atoms with Gasteiger partial charge in [-0.15, -0.1) is 10.2 Å². The number of hydrogen-bond donors (Lipinski definition) is 1. The third-order valence-electron chi connectivity index (χ3n) is 5.29. The smallest absolute Gasteiger partial charge is 0.257 e. The van der Waals surface area contributed by atoms with Gasteiger partial charge in [0.1, 0.15) is 5.01 Å². The van der Waals surface area contributed by atoms with Gasteiger partial charge in [-0.3, -0.25) is 14.9 Å². The maximum Gasteiger partial charge on any atom is 0.257 e. The SMILES string of the molecule is CC(C)(C)c1ccc(C(=O)Nc2nnc(C3CC(=O)N(c4ccc(Cl)cc4)C3)s2)cc1. The van der Waals surface area contributed by atoms with Crippen LogP contribution in [0.4, 0.5) is 10.8 Å². The number of benzene rings is 2. The van der Waals surface area contributed by atoms with Crippen molar-refractivity contribution in [2.75, 3.05) is 16.8 Å². The van der Waals surface area contributed by atoms with Gasteiger partial charge in [0, 0.05) is 35.2 Å². The van der Waals surface area contributed by atoms with E-state index < -0.39 is 0 Å². The molecular formula is C23H23ClN4O2S. The molecular weight excluding hydrogens is 432 g/mol. The van der Waals surface area contributed by atoms with Crippen LogP contribution in [-0.2, 0) is 10.2 Å². The van der Waals surface area contributed by atoms with Gasteiger partial charge in [-0.05, 0) is 47.4 Å². The predicted octanol–water partition coefficient (Wildman–Crippen LogP) is 5.26. The fraction of sp³-hybridized carbons (Fsp3) is 0.304. The number of rotatable bonds is 4. The van der Waals surface area contributed by atoms with Gasteiger partial charge in [-0.25, -0.2) is 0 Å². The van der Waals surface area contributed by atoms with Crippen LogP contribution >= 0.6 is 22.9 Å². The minimum Gasteiger partial charge on any atom is -0.312 e. The molecule has 1 atom stereocenters. The zero-order chi connectivity index (χ0) is 22.2. The lowest BCUT2D eigenvalue weighted by Gasteiger charge is -2.18. The average Bonchev–Trinajstić information content (AvgIpc) is 3.34. The molecule has 1 saturated heterocycles. The average molecular weight is 455 g/mol. The van der Waals surface area contributed by atoms with Crippen LogP contribution in [0.1, 0.15) is 54.0 Å². The number of nitrogens with one attached hydrogen (secondary N) is 1. The van der Waals surface area contributed by atoms with Gasteiger partial charge in [0.15, 0.2) is 0 Å². The van der Waals surface area contributed by atoms with Gasteiger partial charge < -0.3 is 4.90 Å². The third-order valence-corrected chi connectivity index (χ3v) is 6.54. The summed E-state index contributed by atoms with van der Waals surface area (Å²) in [6, 6.07) is 14.8. The van der Waals surface area contributed by atoms with Crippen molar-refractivity contribution in [1.29, 1.82) is 0 Å². The predicted molar refractivity (Wildman–Crippen MR) is 124 cm³/mol. The maximum atomic E-state index is 12.6. The first-order valence-corrected chi connectivity index (χ1v) is 11.2. The third kappa shape index (κ3) is 4.78. The Bertz CT molecular complexity index is 1100. The minimum absolute atomic E-state index is 0.0295. The first-order chi connectivity index (χ1) is 14.7. The van der Waals surface area contributed by atoms with E-state index in [-0.39, 0.29) is 23.1 Å². The van der Waals surface area contributed by atoms with Crippen molar-refractivity contribution in [2.24, 2.45) is 0 Å². The van der Waals surface area contributed by atoms with Crippen LogP contribution in [0.3, 0.4) is 0 Å². The monoisotopic (exact) mass is 454 g/mol. The molecule has 0 bridgehead atoms. The van der Waals surface area contributed by atoms with Gasteiger partial charge in [0.25, 0.3) is 5.91 Å². The van der Waals surface area contributed by atoms with Crippen LogP contribution in [0, 0.1) is 0 Å². The van der Waals surface area contributed by atoms with Crippen LogP contribution in [-0.4, -0.2) is 28.6 Å². The molecule has 2 amide bonds. The number of carbonyl (C=O) groups excluding carboxylic acids is 2. The zero-order valence-electron chi connectivity index (χ0n) is 17.6. The Morgan fingerprint density at radius 3 is 2.42 bits per heavy atom. The van der Waals surface area contributed by atoms with Gasteiger partial charge in [-0.1, -0.05) is 55.8 Å². The van der Waals surface area contributed by atoms with Crippen LogP contribution in [0.15, 0.2) is 48.5 Å². The number of amides is 2. The maximum absolute atomic E-state index is 12.6. The quantitative estimate of drug-likeness (QED) is 0.583. The topological polar surface area (TPSA) is 75.2 Å². The molecule has 1 fully saturated rings. The van der Waals surface area contributed by atoms with E-state index in [2.05, 4.69) is 36.3 Å². The summed E-state index contributed by atoms with van der Waals surface area (Å²) in [4.78, 5) is 26.8. The van der Waals surface area contributed by atoms with E-state index in [0.717, 1.165) is 10.7 Å². The van der Waals surface area contributed by atoms with Gasteiger partial charge in [-0.2, -0.15) is 0 Å². The summed E-state index contributed by atoms with van der Waals surface area (Å²) in [6.07, 6.45) is 0.361. The van der Waals surface area contributed by atoms with Crippen LogP contribution in [0.25, 0.3) is 0 Å². The van der Waals surface area contributed by atoms with Crippen molar-refractivity contribution in [3.8, 4) is 0 Å². The lowest BCUT2D eigenvalue weighted by atomic mass is 9.87. The number of halogens is 1. The molecule has 0 saturated carbocycles. The number of nitrogens with zero attached hydrogens (tertiary/aromatic N) is 3. The summed E-state index contributed by atoms with van der Waals surface area (Å²) in [6.45, 7) is 6.92. The van der Waals surface area contributed by atoms with Crippen molar-refractivity contribution >= 4 is 45.6 Å². The first kappa shape index (κ1) is 21.5. The van der Waals surface area contributed by atoms with Crippen LogP contribution < -0.4 is 10.2 Å². The molecule has 160 valence electrons. The second-order valence-corrected chi connectivity index (χ2v) is 10.1. The summed E-state index contributed by atoms with van der Waals surface area (Å²) in [5, 5.41) is 12.9. The zero-order valence-corrected chi connectivity index (χ0v) is 19.1. The second kappa shape index (κ2) is 8.40. The first-order valence-electron chi connectivity index (χ1n) is 10.0. The van der Waals surface area contributed by atoms with Crippen LogP contribution in [0.2, 0.25) is 5.02 Å². The molecule has 31 heavy (non-hydrogen) atoms.